The monoisotopic (exact) mass is 220 g/mol. The van der Waals surface area contributed by atoms with E-state index < -0.39 is 6.64 Å². The first kappa shape index (κ1) is 16.0. The van der Waals surface area contributed by atoms with Gasteiger partial charge in [-0.05, 0) is 24.6 Å². The molecule has 0 aliphatic carbocycles. The SMILES string of the molecule is CCOP(O)(=S)NCC(C)C.[Na]. The van der Waals surface area contributed by atoms with Crippen LogP contribution in [0.2, 0.25) is 0 Å². The van der Waals surface area contributed by atoms with Crippen molar-refractivity contribution in [3.05, 3.63) is 0 Å². The molecule has 1 unspecified atom stereocenters. The molecule has 6 heteroatoms. The van der Waals surface area contributed by atoms with Gasteiger partial charge in [0.05, 0.1) is 6.61 Å². The van der Waals surface area contributed by atoms with Crippen LogP contribution >= 0.6 is 6.64 Å². The smallest absolute Gasteiger partial charge is 0.258 e. The van der Waals surface area contributed by atoms with Crippen molar-refractivity contribution in [1.29, 1.82) is 0 Å². The van der Waals surface area contributed by atoms with Gasteiger partial charge in [-0.1, -0.05) is 13.8 Å². The van der Waals surface area contributed by atoms with Crippen LogP contribution in [0.25, 0.3) is 0 Å². The van der Waals surface area contributed by atoms with Gasteiger partial charge in [0, 0.05) is 36.1 Å². The minimum absolute atomic E-state index is 0. The molecule has 0 aliphatic rings. The summed E-state index contributed by atoms with van der Waals surface area (Å²) in [5, 5.41) is 2.82. The summed E-state index contributed by atoms with van der Waals surface area (Å²) in [6, 6.07) is 0. The minimum atomic E-state index is -2.66. The Labute approximate surface area is 102 Å². The second kappa shape index (κ2) is 7.89. The number of hydrogen-bond acceptors (Lipinski definition) is 2. The summed E-state index contributed by atoms with van der Waals surface area (Å²) in [4.78, 5) is 9.36. The predicted molar refractivity (Wildman–Crippen MR) is 56.7 cm³/mol. The fraction of sp³-hybridized carbons (Fsp3) is 1.00. The van der Waals surface area contributed by atoms with Crippen molar-refractivity contribution in [1.82, 2.24) is 5.09 Å². The first-order valence-electron chi connectivity index (χ1n) is 3.70. The van der Waals surface area contributed by atoms with Gasteiger partial charge in [0.1, 0.15) is 0 Å². The van der Waals surface area contributed by atoms with Gasteiger partial charge in [0.15, 0.2) is 0 Å². The molecule has 1 atom stereocenters. The van der Waals surface area contributed by atoms with E-state index in [0.717, 1.165) is 0 Å². The third kappa shape index (κ3) is 9.62. The summed E-state index contributed by atoms with van der Waals surface area (Å²) in [6.45, 7) is 4.41. The summed E-state index contributed by atoms with van der Waals surface area (Å²) >= 11 is 4.79. The molecule has 0 heterocycles. The van der Waals surface area contributed by atoms with Crippen molar-refractivity contribution in [3.8, 4) is 0 Å². The van der Waals surface area contributed by atoms with E-state index in [-0.39, 0.29) is 29.6 Å². The van der Waals surface area contributed by atoms with Crippen LogP contribution < -0.4 is 5.09 Å². The first-order chi connectivity index (χ1) is 4.98. The number of rotatable bonds is 5. The van der Waals surface area contributed by atoms with Gasteiger partial charge in [0.2, 0.25) is 0 Å². The summed E-state index contributed by atoms with van der Waals surface area (Å²) in [5.41, 5.74) is 0. The molecule has 0 aromatic rings. The molecular weight excluding hydrogens is 204 g/mol. The molecule has 0 saturated heterocycles. The van der Waals surface area contributed by atoms with Crippen molar-refractivity contribution in [2.75, 3.05) is 13.2 Å². The van der Waals surface area contributed by atoms with Crippen LogP contribution in [0.3, 0.4) is 0 Å². The normalized spacial score (nSPS) is 15.4. The fourth-order valence-electron chi connectivity index (χ4n) is 0.519. The van der Waals surface area contributed by atoms with Gasteiger partial charge < -0.3 is 9.42 Å². The maximum atomic E-state index is 9.36. The molecule has 0 aromatic carbocycles. The van der Waals surface area contributed by atoms with Crippen LogP contribution in [0, 0.1) is 5.92 Å². The van der Waals surface area contributed by atoms with Crippen LogP contribution in [-0.4, -0.2) is 47.6 Å². The van der Waals surface area contributed by atoms with E-state index in [4.69, 9.17) is 16.3 Å². The summed E-state index contributed by atoms with van der Waals surface area (Å²) in [7, 11) is 0. The summed E-state index contributed by atoms with van der Waals surface area (Å²) in [6.07, 6.45) is 0. The van der Waals surface area contributed by atoms with Crippen molar-refractivity contribution >= 4 is 48.0 Å². The molecule has 69 valence electrons. The van der Waals surface area contributed by atoms with Gasteiger partial charge in [-0.3, -0.25) is 0 Å². The first-order valence-corrected chi connectivity index (χ1v) is 6.37. The second-order valence-corrected chi connectivity index (χ2v) is 5.79. The molecule has 0 bridgehead atoms. The van der Waals surface area contributed by atoms with Gasteiger partial charge in [-0.15, -0.1) is 0 Å². The van der Waals surface area contributed by atoms with Crippen molar-refractivity contribution in [2.45, 2.75) is 20.8 Å². The van der Waals surface area contributed by atoms with E-state index in [1.165, 1.54) is 0 Å². The van der Waals surface area contributed by atoms with Gasteiger partial charge in [-0.2, -0.15) is 0 Å². The van der Waals surface area contributed by atoms with Crippen LogP contribution in [0.15, 0.2) is 0 Å². The van der Waals surface area contributed by atoms with E-state index >= 15 is 0 Å². The molecule has 0 aromatic heterocycles. The Balaban J connectivity index is 0. The van der Waals surface area contributed by atoms with E-state index in [0.29, 0.717) is 19.1 Å². The van der Waals surface area contributed by atoms with Crippen molar-refractivity contribution < 1.29 is 9.42 Å². The Morgan fingerprint density at radius 2 is 2.08 bits per heavy atom. The summed E-state index contributed by atoms with van der Waals surface area (Å²) < 4.78 is 4.95. The van der Waals surface area contributed by atoms with E-state index in [1.807, 2.05) is 20.8 Å². The van der Waals surface area contributed by atoms with Gasteiger partial charge in [0.25, 0.3) is 6.64 Å². The average molecular weight is 220 g/mol. The van der Waals surface area contributed by atoms with Crippen molar-refractivity contribution in [3.63, 3.8) is 0 Å². The van der Waals surface area contributed by atoms with Crippen molar-refractivity contribution in [2.24, 2.45) is 5.92 Å². The molecular formula is C6H16NNaO2PS. The maximum absolute atomic E-state index is 9.36. The van der Waals surface area contributed by atoms with E-state index in [2.05, 4.69) is 5.09 Å². The Kier molecular flexibility index (Phi) is 10.5. The Morgan fingerprint density at radius 1 is 1.58 bits per heavy atom. The third-order valence-corrected chi connectivity index (χ3v) is 2.90. The second-order valence-electron chi connectivity index (χ2n) is 2.69. The quantitative estimate of drug-likeness (QED) is 0.538. The zero-order valence-corrected chi connectivity index (χ0v) is 11.9. The summed E-state index contributed by atoms with van der Waals surface area (Å²) in [5.74, 6) is 0.477. The third-order valence-electron chi connectivity index (χ3n) is 1.00. The minimum Gasteiger partial charge on any atom is -0.334 e. The number of nitrogens with one attached hydrogen (secondary N) is 1. The van der Waals surface area contributed by atoms with Crippen LogP contribution in [-0.2, 0) is 16.3 Å². The van der Waals surface area contributed by atoms with Gasteiger partial charge >= 0.3 is 0 Å². The standard InChI is InChI=1S/C6H16NO2PS.Na/c1-4-9-10(8,11)7-5-6(2)3;/h6H,4-5H2,1-3H3,(H2,7,8,11);. The molecule has 0 fully saturated rings. The molecule has 0 spiro atoms. The molecule has 3 nitrogen and oxygen atoms in total. The Bertz CT molecular complexity index is 156. The molecule has 0 saturated carbocycles. The largest absolute Gasteiger partial charge is 0.334 e. The van der Waals surface area contributed by atoms with Gasteiger partial charge in [-0.25, -0.2) is 5.09 Å². The molecule has 12 heavy (non-hydrogen) atoms. The van der Waals surface area contributed by atoms with Crippen LogP contribution in [0.4, 0.5) is 0 Å². The molecule has 1 radical (unpaired) electrons. The average Bonchev–Trinajstić information content (AvgIpc) is 1.84. The fourth-order valence-corrected chi connectivity index (χ4v) is 2.10. The van der Waals surface area contributed by atoms with E-state index in [9.17, 15) is 4.89 Å². The zero-order valence-electron chi connectivity index (χ0n) is 8.20. The molecule has 0 aliphatic heterocycles. The molecule has 0 rings (SSSR count). The predicted octanol–water partition coefficient (Wildman–Crippen LogP) is 1.10. The topological polar surface area (TPSA) is 41.5 Å². The maximum Gasteiger partial charge on any atom is 0.258 e. The molecule has 2 N–H and O–H groups in total. The van der Waals surface area contributed by atoms with Crippen LogP contribution in [0.1, 0.15) is 20.8 Å². The number of hydrogen-bond donors (Lipinski definition) is 2. The zero-order chi connectivity index (χ0) is 8.91. The Hall–Kier alpha value is 1.53. The van der Waals surface area contributed by atoms with Crippen LogP contribution in [0.5, 0.6) is 0 Å². The van der Waals surface area contributed by atoms with E-state index in [1.54, 1.807) is 0 Å². The molecule has 0 amide bonds. The Morgan fingerprint density at radius 3 is 2.42 bits per heavy atom.